The number of aliphatic hydroxyl groups is 1. The van der Waals surface area contributed by atoms with Crippen LogP contribution in [0.3, 0.4) is 0 Å². The highest BCUT2D eigenvalue weighted by Crippen LogP contribution is 2.68. The number of carbonyl (C=O) groups is 2. The van der Waals surface area contributed by atoms with Crippen LogP contribution in [0.4, 0.5) is 30.7 Å². The lowest BCUT2D eigenvalue weighted by atomic mass is 9.86. The average molecular weight is 828 g/mol. The molecule has 0 saturated heterocycles. The highest BCUT2D eigenvalue weighted by molar-refractivity contribution is 6.36. The van der Waals surface area contributed by atoms with Crippen molar-refractivity contribution in [3.05, 3.63) is 98.7 Å². The van der Waals surface area contributed by atoms with E-state index in [2.05, 4.69) is 22.0 Å². The summed E-state index contributed by atoms with van der Waals surface area (Å²) in [6.45, 7) is 5.47. The second kappa shape index (κ2) is 14.6. The van der Waals surface area contributed by atoms with Crippen LogP contribution in [0.25, 0.3) is 22.0 Å². The van der Waals surface area contributed by atoms with Crippen LogP contribution in [0.5, 0.6) is 0 Å². The van der Waals surface area contributed by atoms with Crippen LogP contribution in [0, 0.1) is 35.3 Å². The van der Waals surface area contributed by atoms with E-state index in [0.717, 1.165) is 12.1 Å². The Morgan fingerprint density at radius 2 is 1.71 bits per heavy atom. The van der Waals surface area contributed by atoms with Crippen molar-refractivity contribution in [2.45, 2.75) is 89.5 Å². The molecule has 0 amide bonds. The molecule has 7 rings (SSSR count). The Morgan fingerprint density at radius 1 is 1.03 bits per heavy atom. The first-order valence-electron chi connectivity index (χ1n) is 18.5. The maximum atomic E-state index is 15.4. The zero-order valence-electron chi connectivity index (χ0n) is 31.9. The Balaban J connectivity index is 1.38. The van der Waals surface area contributed by atoms with Crippen molar-refractivity contribution < 1.29 is 45.4 Å². The van der Waals surface area contributed by atoms with Crippen molar-refractivity contribution in [1.82, 2.24) is 24.5 Å². The summed E-state index contributed by atoms with van der Waals surface area (Å²) >= 11 is 6.72. The Hall–Kier alpha value is -5.07. The summed E-state index contributed by atoms with van der Waals surface area (Å²) in [4.78, 5) is 31.7. The van der Waals surface area contributed by atoms with E-state index < -0.39 is 82.8 Å². The number of pyridine rings is 1. The first-order valence-corrected chi connectivity index (χ1v) is 18.9. The van der Waals surface area contributed by atoms with Crippen LogP contribution in [0.1, 0.15) is 92.0 Å². The lowest BCUT2D eigenvalue weighted by Gasteiger charge is -2.22. The van der Waals surface area contributed by atoms with Crippen LogP contribution >= 0.6 is 11.6 Å². The maximum absolute atomic E-state index is 15.4. The third kappa shape index (κ3) is 7.88. The Labute approximate surface area is 333 Å². The number of rotatable bonds is 11. The van der Waals surface area contributed by atoms with Gasteiger partial charge in [0.05, 0.1) is 28.3 Å². The fraction of sp³-hybridized carbons (Fsp3) is 0.405. The van der Waals surface area contributed by atoms with Gasteiger partial charge in [-0.25, -0.2) is 13.8 Å². The molecule has 0 unspecified atom stereocenters. The normalized spacial score (nSPS) is 17.6. The molecule has 58 heavy (non-hydrogen) atoms. The van der Waals surface area contributed by atoms with E-state index in [0.29, 0.717) is 43.5 Å². The van der Waals surface area contributed by atoms with E-state index >= 15 is 8.78 Å². The number of hydrogen-bond acceptors (Lipinski definition) is 6. The number of carbonyl (C=O) groups excluding carboxylic acids is 2. The fourth-order valence-corrected chi connectivity index (χ4v) is 8.11. The lowest BCUT2D eigenvalue weighted by Crippen LogP contribution is -2.24. The molecule has 2 aliphatic rings. The summed E-state index contributed by atoms with van der Waals surface area (Å²) in [6, 6.07) is 9.23. The predicted octanol–water partition coefficient (Wildman–Crippen LogP) is 8.87. The average Bonchev–Trinajstić information content (AvgIpc) is 3.64. The number of benzene rings is 2. The quantitative estimate of drug-likeness (QED) is 0.106. The van der Waals surface area contributed by atoms with Crippen molar-refractivity contribution >= 4 is 34.1 Å². The minimum atomic E-state index is -5.04. The van der Waals surface area contributed by atoms with Crippen LogP contribution in [0.2, 0.25) is 5.02 Å². The molecule has 1 fully saturated rings. The van der Waals surface area contributed by atoms with Crippen molar-refractivity contribution in [1.29, 1.82) is 0 Å². The summed E-state index contributed by atoms with van der Waals surface area (Å²) in [5.74, 6) is -4.62. The van der Waals surface area contributed by atoms with Gasteiger partial charge < -0.3 is 5.11 Å². The summed E-state index contributed by atoms with van der Waals surface area (Å²) in [7, 11) is 1.65. The number of aromatic nitrogens is 5. The number of halogens is 8. The second-order valence-corrected chi connectivity index (χ2v) is 16.3. The monoisotopic (exact) mass is 827 g/mol. The standard InChI is InChI=1S/C42H37ClF7N5O3/c1-20(2)33(57)18-32-35-31(43)9-8-28(37(35)54(5)52-32)27-7-6-25(10-11-40(3,4)58)51-36(27)22(12-21-13-23(44)16-24(45)14-21)15-26(56)19-55-39-34(38(53-55)42(48,49)50)29-17-30(29)41(39,46)47/h6-9,13-14,16,20,22,29-30,58H,12,15,17-19H2,1-5H3/t22-,29+,30-/m1/s1. The molecule has 16 heteroatoms. The highest BCUT2D eigenvalue weighted by atomic mass is 35.5. The smallest absolute Gasteiger partial charge is 0.378 e. The van der Waals surface area contributed by atoms with Gasteiger partial charge in [0.25, 0.3) is 5.92 Å². The lowest BCUT2D eigenvalue weighted by molar-refractivity contribution is -0.142. The van der Waals surface area contributed by atoms with Crippen LogP contribution < -0.4 is 0 Å². The van der Waals surface area contributed by atoms with Gasteiger partial charge in [-0.05, 0) is 74.4 Å². The largest absolute Gasteiger partial charge is 0.435 e. The van der Waals surface area contributed by atoms with Crippen LogP contribution in [0.15, 0.2) is 42.5 Å². The number of nitrogens with zero attached hydrogens (tertiary/aromatic N) is 5. The van der Waals surface area contributed by atoms with Gasteiger partial charge in [-0.15, -0.1) is 0 Å². The SMILES string of the molecule is CC(C)C(=O)Cc1nn(C)c2c(-c3ccc(C#CC(C)(C)O)nc3[C@@H](CC(=O)Cn3nc(C(F)(F)F)c4c3C(F)(F)[C@@H]3C[C@H]43)Cc3cc(F)cc(F)c3)ccc(Cl)c12. The van der Waals surface area contributed by atoms with Gasteiger partial charge in [0, 0.05) is 59.4 Å². The number of Topliss-reactive ketones (excluding diaryl/α,β-unsaturated/α-hetero) is 2. The molecule has 0 aliphatic heterocycles. The van der Waals surface area contributed by atoms with Gasteiger partial charge in [0.2, 0.25) is 0 Å². The molecule has 1 saturated carbocycles. The molecule has 3 atom stereocenters. The van der Waals surface area contributed by atoms with Gasteiger partial charge >= 0.3 is 6.18 Å². The second-order valence-electron chi connectivity index (χ2n) is 15.9. The van der Waals surface area contributed by atoms with Crippen molar-refractivity contribution in [2.24, 2.45) is 18.9 Å². The van der Waals surface area contributed by atoms with Gasteiger partial charge in [-0.1, -0.05) is 37.4 Å². The molecule has 8 nitrogen and oxygen atoms in total. The highest BCUT2D eigenvalue weighted by Gasteiger charge is 2.68. The van der Waals surface area contributed by atoms with E-state index in [1.807, 2.05) is 0 Å². The number of alkyl halides is 5. The Morgan fingerprint density at radius 3 is 2.34 bits per heavy atom. The number of hydrogen-bond donors (Lipinski definition) is 1. The minimum absolute atomic E-state index is 0.0231. The topological polar surface area (TPSA) is 103 Å². The molecule has 3 aromatic heterocycles. The summed E-state index contributed by atoms with van der Waals surface area (Å²) in [6.07, 6.45) is -5.99. The summed E-state index contributed by atoms with van der Waals surface area (Å²) in [5.41, 5.74) is -2.32. The van der Waals surface area contributed by atoms with E-state index in [1.165, 1.54) is 18.5 Å². The number of fused-ring (bicyclic) bond motifs is 4. The molecule has 2 aliphatic carbocycles. The predicted molar refractivity (Wildman–Crippen MR) is 200 cm³/mol. The Kier molecular flexibility index (Phi) is 10.4. The molecular formula is C42H37ClF7N5O3. The number of aryl methyl sites for hydroxylation is 1. The van der Waals surface area contributed by atoms with Crippen LogP contribution in [-0.4, -0.2) is 46.8 Å². The number of ketones is 2. The van der Waals surface area contributed by atoms with Crippen LogP contribution in [-0.2, 0) is 48.1 Å². The zero-order chi connectivity index (χ0) is 42.2. The zero-order valence-corrected chi connectivity index (χ0v) is 32.7. The molecular weight excluding hydrogens is 791 g/mol. The molecule has 0 spiro atoms. The van der Waals surface area contributed by atoms with E-state index in [9.17, 15) is 36.6 Å². The molecule has 0 radical (unpaired) electrons. The van der Waals surface area contributed by atoms with Gasteiger partial charge in [-0.3, -0.25) is 19.0 Å². The maximum Gasteiger partial charge on any atom is 0.435 e. The minimum Gasteiger partial charge on any atom is -0.378 e. The molecule has 3 heterocycles. The van der Waals surface area contributed by atoms with Gasteiger partial charge in [0.1, 0.15) is 41.0 Å². The van der Waals surface area contributed by atoms with E-state index in [1.54, 1.807) is 45.2 Å². The first kappa shape index (κ1) is 41.1. The van der Waals surface area contributed by atoms with E-state index in [4.69, 9.17) is 16.6 Å². The Bertz CT molecular complexity index is 2540. The third-order valence-electron chi connectivity index (χ3n) is 10.5. The van der Waals surface area contributed by atoms with E-state index in [-0.39, 0.29) is 47.9 Å². The van der Waals surface area contributed by atoms with Crippen molar-refractivity contribution in [2.75, 3.05) is 0 Å². The van der Waals surface area contributed by atoms with Gasteiger partial charge in [0.15, 0.2) is 11.5 Å². The molecule has 0 bridgehead atoms. The van der Waals surface area contributed by atoms with Crippen molar-refractivity contribution in [3.8, 4) is 23.0 Å². The van der Waals surface area contributed by atoms with Gasteiger partial charge in [-0.2, -0.15) is 32.1 Å². The molecule has 304 valence electrons. The first-order chi connectivity index (χ1) is 27.0. The van der Waals surface area contributed by atoms with Crippen molar-refractivity contribution in [3.63, 3.8) is 0 Å². The molecule has 1 N–H and O–H groups in total. The fourth-order valence-electron chi connectivity index (χ4n) is 7.85. The summed E-state index contributed by atoms with van der Waals surface area (Å²) in [5, 5.41) is 19.2. The molecule has 2 aromatic carbocycles. The molecule has 5 aromatic rings. The third-order valence-corrected chi connectivity index (χ3v) is 10.8. The summed E-state index contributed by atoms with van der Waals surface area (Å²) < 4.78 is 104.